The highest BCUT2D eigenvalue weighted by Crippen LogP contribution is 2.16. The van der Waals surface area contributed by atoms with E-state index in [1.807, 2.05) is 0 Å². The van der Waals surface area contributed by atoms with Crippen LogP contribution in [0, 0.1) is 0 Å². The molecule has 0 heterocycles. The number of nitrogens with one attached hydrogen (secondary N) is 1. The second kappa shape index (κ2) is 10.1. The quantitative estimate of drug-likeness (QED) is 0.519. The van der Waals surface area contributed by atoms with E-state index in [2.05, 4.69) is 5.32 Å². The zero-order valence-electron chi connectivity index (χ0n) is 15.6. The lowest BCUT2D eigenvalue weighted by molar-refractivity contribution is -0.150. The molecule has 1 aromatic rings. The molecule has 26 heavy (non-hydrogen) atoms. The van der Waals surface area contributed by atoms with Gasteiger partial charge in [0.05, 0.1) is 4.90 Å². The van der Waals surface area contributed by atoms with Crippen molar-refractivity contribution in [2.75, 3.05) is 19.6 Å². The van der Waals surface area contributed by atoms with Crippen LogP contribution in [0.1, 0.15) is 33.3 Å². The van der Waals surface area contributed by atoms with Gasteiger partial charge in [-0.15, -0.1) is 0 Å². The van der Waals surface area contributed by atoms with Crippen molar-refractivity contribution in [1.29, 1.82) is 0 Å². The third kappa shape index (κ3) is 5.96. The molecule has 1 N–H and O–H groups in total. The molecule has 0 saturated heterocycles. The van der Waals surface area contributed by atoms with Crippen LogP contribution in [0.3, 0.4) is 0 Å². The van der Waals surface area contributed by atoms with Crippen LogP contribution >= 0.6 is 0 Å². The summed E-state index contributed by atoms with van der Waals surface area (Å²) < 4.78 is 31.2. The Bertz CT molecular complexity index is 737. The van der Waals surface area contributed by atoms with E-state index in [4.69, 9.17) is 4.74 Å². The topological polar surface area (TPSA) is 92.8 Å². The lowest BCUT2D eigenvalue weighted by Gasteiger charge is -2.18. The maximum atomic E-state index is 12.4. The highest BCUT2D eigenvalue weighted by Gasteiger charge is 2.21. The molecule has 8 heteroatoms. The van der Waals surface area contributed by atoms with E-state index in [9.17, 15) is 18.0 Å². The number of esters is 1. The minimum atomic E-state index is -3.51. The molecule has 0 aliphatic carbocycles. The van der Waals surface area contributed by atoms with Crippen LogP contribution in [0.2, 0.25) is 0 Å². The molecule has 0 unspecified atom stereocenters. The van der Waals surface area contributed by atoms with Gasteiger partial charge >= 0.3 is 5.97 Å². The molecule has 144 valence electrons. The Morgan fingerprint density at radius 2 is 1.73 bits per heavy atom. The first-order valence-corrected chi connectivity index (χ1v) is 9.96. The largest absolute Gasteiger partial charge is 0.449 e. The van der Waals surface area contributed by atoms with Crippen molar-refractivity contribution in [2.24, 2.45) is 0 Å². The SMILES string of the molecule is CCNC(=O)[C@H](C)OC(=O)/C=C/c1ccc(S(=O)(=O)N(CC)CC)cc1. The number of amides is 1. The molecule has 1 amide bonds. The van der Waals surface area contributed by atoms with Gasteiger partial charge in [0.1, 0.15) is 0 Å². The number of benzene rings is 1. The number of rotatable bonds is 9. The predicted octanol–water partition coefficient (Wildman–Crippen LogP) is 1.80. The summed E-state index contributed by atoms with van der Waals surface area (Å²) in [7, 11) is -3.51. The van der Waals surface area contributed by atoms with Gasteiger partial charge in [-0.3, -0.25) is 4.79 Å². The van der Waals surface area contributed by atoms with Gasteiger partial charge in [-0.1, -0.05) is 26.0 Å². The van der Waals surface area contributed by atoms with Gasteiger partial charge in [-0.05, 0) is 37.6 Å². The van der Waals surface area contributed by atoms with Gasteiger partial charge in [0, 0.05) is 25.7 Å². The Balaban J connectivity index is 2.76. The Kier molecular flexibility index (Phi) is 8.47. The number of hydrogen-bond acceptors (Lipinski definition) is 5. The molecule has 1 atom stereocenters. The molecule has 0 fully saturated rings. The van der Waals surface area contributed by atoms with Crippen LogP contribution in [0.4, 0.5) is 0 Å². The summed E-state index contributed by atoms with van der Waals surface area (Å²) in [6.07, 6.45) is 1.82. The van der Waals surface area contributed by atoms with Crippen molar-refractivity contribution in [3.05, 3.63) is 35.9 Å². The second-order valence-electron chi connectivity index (χ2n) is 5.47. The van der Waals surface area contributed by atoms with E-state index in [0.29, 0.717) is 25.2 Å². The molecule has 1 rings (SSSR count). The van der Waals surface area contributed by atoms with Crippen LogP contribution < -0.4 is 5.32 Å². The number of carbonyl (C=O) groups excluding carboxylic acids is 2. The van der Waals surface area contributed by atoms with E-state index < -0.39 is 22.1 Å². The lowest BCUT2D eigenvalue weighted by Crippen LogP contribution is -2.35. The molecule has 0 aliphatic heterocycles. The number of hydrogen-bond donors (Lipinski definition) is 1. The van der Waals surface area contributed by atoms with Crippen LogP contribution in [0.15, 0.2) is 35.2 Å². The number of nitrogens with zero attached hydrogens (tertiary/aromatic N) is 1. The molecule has 0 saturated carbocycles. The van der Waals surface area contributed by atoms with Gasteiger partial charge in [0.2, 0.25) is 10.0 Å². The molecule has 1 aromatic carbocycles. The van der Waals surface area contributed by atoms with Crippen molar-refractivity contribution >= 4 is 28.0 Å². The Labute approximate surface area is 155 Å². The number of ether oxygens (including phenoxy) is 1. The van der Waals surface area contributed by atoms with E-state index in [1.54, 1.807) is 32.9 Å². The zero-order valence-corrected chi connectivity index (χ0v) is 16.4. The first-order valence-electron chi connectivity index (χ1n) is 8.52. The highest BCUT2D eigenvalue weighted by atomic mass is 32.2. The Morgan fingerprint density at radius 1 is 1.15 bits per heavy atom. The van der Waals surface area contributed by atoms with Gasteiger partial charge in [-0.2, -0.15) is 4.31 Å². The first-order chi connectivity index (χ1) is 12.3. The summed E-state index contributed by atoms with van der Waals surface area (Å²) in [6, 6.07) is 6.20. The molecule has 0 aliphatic rings. The summed E-state index contributed by atoms with van der Waals surface area (Å²) in [5, 5.41) is 2.56. The third-order valence-corrected chi connectivity index (χ3v) is 5.71. The van der Waals surface area contributed by atoms with Gasteiger partial charge in [-0.25, -0.2) is 13.2 Å². The summed E-state index contributed by atoms with van der Waals surface area (Å²) in [5.74, 6) is -1.01. The first kappa shape index (κ1) is 21.9. The van der Waals surface area contributed by atoms with Crippen LogP contribution in [0.25, 0.3) is 6.08 Å². The summed E-state index contributed by atoms with van der Waals surface area (Å²) in [5.41, 5.74) is 0.645. The highest BCUT2D eigenvalue weighted by molar-refractivity contribution is 7.89. The summed E-state index contributed by atoms with van der Waals surface area (Å²) in [4.78, 5) is 23.5. The van der Waals surface area contributed by atoms with Gasteiger partial charge < -0.3 is 10.1 Å². The predicted molar refractivity (Wildman–Crippen MR) is 99.8 cm³/mol. The smallest absolute Gasteiger partial charge is 0.331 e. The van der Waals surface area contributed by atoms with Crippen molar-refractivity contribution in [3.63, 3.8) is 0 Å². The average molecular weight is 382 g/mol. The Hall–Kier alpha value is -2.19. The number of sulfonamides is 1. The van der Waals surface area contributed by atoms with Gasteiger partial charge in [0.25, 0.3) is 5.91 Å². The summed E-state index contributed by atoms with van der Waals surface area (Å²) in [6.45, 7) is 8.09. The maximum Gasteiger partial charge on any atom is 0.331 e. The van der Waals surface area contributed by atoms with Crippen molar-refractivity contribution in [2.45, 2.75) is 38.7 Å². The fourth-order valence-corrected chi connectivity index (χ4v) is 3.67. The van der Waals surface area contributed by atoms with Crippen LogP contribution in [-0.4, -0.2) is 50.3 Å². The molecule has 0 spiro atoms. The zero-order chi connectivity index (χ0) is 19.7. The van der Waals surface area contributed by atoms with E-state index in [0.717, 1.165) is 0 Å². The standard InChI is InChI=1S/C18H26N2O5S/c1-5-19-18(22)14(4)25-17(21)13-10-15-8-11-16(12-9-15)26(23,24)20(6-2)7-3/h8-14H,5-7H2,1-4H3,(H,19,22)/b13-10+/t14-/m0/s1. The van der Waals surface area contributed by atoms with Crippen molar-refractivity contribution in [1.82, 2.24) is 9.62 Å². The summed E-state index contributed by atoms with van der Waals surface area (Å²) >= 11 is 0. The van der Waals surface area contributed by atoms with Crippen LogP contribution in [-0.2, 0) is 24.3 Å². The van der Waals surface area contributed by atoms with Crippen molar-refractivity contribution < 1.29 is 22.7 Å². The van der Waals surface area contributed by atoms with Crippen LogP contribution in [0.5, 0.6) is 0 Å². The lowest BCUT2D eigenvalue weighted by atomic mass is 10.2. The average Bonchev–Trinajstić information content (AvgIpc) is 2.61. The van der Waals surface area contributed by atoms with Crippen molar-refractivity contribution in [3.8, 4) is 0 Å². The fourth-order valence-electron chi connectivity index (χ4n) is 2.21. The molecule has 7 nitrogen and oxygen atoms in total. The molecule has 0 aromatic heterocycles. The molecular weight excluding hydrogens is 356 g/mol. The minimum Gasteiger partial charge on any atom is -0.449 e. The Morgan fingerprint density at radius 3 is 2.23 bits per heavy atom. The van der Waals surface area contributed by atoms with Gasteiger partial charge in [0.15, 0.2) is 6.10 Å². The third-order valence-electron chi connectivity index (χ3n) is 3.65. The van der Waals surface area contributed by atoms with E-state index in [1.165, 1.54) is 35.5 Å². The monoisotopic (exact) mass is 382 g/mol. The van der Waals surface area contributed by atoms with E-state index >= 15 is 0 Å². The fraction of sp³-hybridized carbons (Fsp3) is 0.444. The van der Waals surface area contributed by atoms with E-state index in [-0.39, 0.29) is 10.8 Å². The normalized spacial score (nSPS) is 13.0. The molecule has 0 bridgehead atoms. The number of likely N-dealkylation sites (N-methyl/N-ethyl adjacent to an activating group) is 1. The molecule has 0 radical (unpaired) electrons. The molecular formula is C18H26N2O5S. The second-order valence-corrected chi connectivity index (χ2v) is 7.40. The maximum absolute atomic E-state index is 12.4. The minimum absolute atomic E-state index is 0.200. The number of carbonyl (C=O) groups is 2.